The van der Waals surface area contributed by atoms with Gasteiger partial charge in [-0.1, -0.05) is 112 Å². The van der Waals surface area contributed by atoms with Crippen LogP contribution in [-0.4, -0.2) is 0 Å². The topological polar surface area (TPSA) is 12.0 Å². The van der Waals surface area contributed by atoms with Crippen molar-refractivity contribution in [2.45, 2.75) is 65.0 Å². The summed E-state index contributed by atoms with van der Waals surface area (Å²) < 4.78 is 0. The van der Waals surface area contributed by atoms with E-state index in [4.69, 9.17) is 0 Å². The van der Waals surface area contributed by atoms with Crippen molar-refractivity contribution in [3.63, 3.8) is 0 Å². The van der Waals surface area contributed by atoms with Gasteiger partial charge in [-0.15, -0.1) is 0 Å². The van der Waals surface area contributed by atoms with E-state index in [0.29, 0.717) is 12.0 Å². The minimum Gasteiger partial charge on any atom is -0.305 e. The fraction of sp³-hybridized carbons (Fsp3) is 0.440. The van der Waals surface area contributed by atoms with Crippen molar-refractivity contribution < 1.29 is 0 Å². The van der Waals surface area contributed by atoms with Gasteiger partial charge in [0.2, 0.25) is 0 Å². The number of hydrogen-bond acceptors (Lipinski definition) is 1. The smallest absolute Gasteiger partial charge is 0.0383 e. The van der Waals surface area contributed by atoms with E-state index >= 15 is 0 Å². The van der Waals surface area contributed by atoms with E-state index in [2.05, 4.69) is 92.0 Å². The molecule has 1 N–H and O–H groups in total. The lowest BCUT2D eigenvalue weighted by Crippen LogP contribution is -2.25. The molecule has 26 heavy (non-hydrogen) atoms. The third-order valence-electron chi connectivity index (χ3n) is 4.97. The van der Waals surface area contributed by atoms with E-state index in [-0.39, 0.29) is 0 Å². The minimum atomic E-state index is 0.341. The summed E-state index contributed by atoms with van der Waals surface area (Å²) >= 11 is 0. The first-order valence-corrected chi connectivity index (χ1v) is 10.3. The standard InChI is InChI=1S/C25H35N/c1-3-4-5-6-7-8-11-16-22(2)25(24-19-14-10-15-20-24)26-21-23-17-12-9-13-18-23/h9-20,22,25-26H,3-8,21H2,1-2H3/b16-11+/t22-,25-/m0/s1. The van der Waals surface area contributed by atoms with Gasteiger partial charge in [0.25, 0.3) is 0 Å². The molecule has 0 fully saturated rings. The first-order chi connectivity index (χ1) is 12.8. The molecule has 2 aromatic carbocycles. The second-order valence-electron chi connectivity index (χ2n) is 7.25. The number of nitrogens with one attached hydrogen (secondary N) is 1. The summed E-state index contributed by atoms with van der Waals surface area (Å²) in [6, 6.07) is 21.8. The average Bonchev–Trinajstić information content (AvgIpc) is 2.69. The number of allylic oxidation sites excluding steroid dienone is 1. The molecule has 0 radical (unpaired) electrons. The Hall–Kier alpha value is -1.86. The third-order valence-corrected chi connectivity index (χ3v) is 4.97. The predicted molar refractivity (Wildman–Crippen MR) is 114 cm³/mol. The normalized spacial score (nSPS) is 13.8. The van der Waals surface area contributed by atoms with Crippen molar-refractivity contribution in [3.05, 3.63) is 83.9 Å². The molecule has 0 amide bonds. The van der Waals surface area contributed by atoms with Crippen molar-refractivity contribution in [2.24, 2.45) is 5.92 Å². The van der Waals surface area contributed by atoms with Gasteiger partial charge in [0, 0.05) is 12.6 Å². The SMILES string of the molecule is CCCCCCC/C=C/[C@H](C)[C@H](NCc1ccccc1)c1ccccc1. The van der Waals surface area contributed by atoms with Crippen molar-refractivity contribution in [1.29, 1.82) is 0 Å². The molecular weight excluding hydrogens is 314 g/mol. The van der Waals surface area contributed by atoms with E-state index in [0.717, 1.165) is 6.54 Å². The summed E-state index contributed by atoms with van der Waals surface area (Å²) in [5, 5.41) is 3.77. The van der Waals surface area contributed by atoms with Gasteiger partial charge < -0.3 is 5.32 Å². The fourth-order valence-corrected chi connectivity index (χ4v) is 3.38. The Bertz CT molecular complexity index is 603. The molecule has 2 rings (SSSR count). The monoisotopic (exact) mass is 349 g/mol. The van der Waals surface area contributed by atoms with Gasteiger partial charge in [-0.3, -0.25) is 0 Å². The zero-order valence-corrected chi connectivity index (χ0v) is 16.5. The van der Waals surface area contributed by atoms with E-state index in [1.807, 2.05) is 0 Å². The van der Waals surface area contributed by atoms with Gasteiger partial charge in [0.05, 0.1) is 0 Å². The molecule has 0 saturated heterocycles. The van der Waals surface area contributed by atoms with Crippen LogP contribution in [0.15, 0.2) is 72.8 Å². The van der Waals surface area contributed by atoms with Gasteiger partial charge in [-0.2, -0.15) is 0 Å². The maximum atomic E-state index is 3.77. The van der Waals surface area contributed by atoms with Gasteiger partial charge in [-0.25, -0.2) is 0 Å². The molecule has 0 bridgehead atoms. The Kier molecular flexibility index (Phi) is 9.82. The molecular formula is C25H35N. The lowest BCUT2D eigenvalue weighted by Gasteiger charge is -2.24. The first kappa shape index (κ1) is 20.5. The highest BCUT2D eigenvalue weighted by Crippen LogP contribution is 2.24. The maximum absolute atomic E-state index is 3.77. The Morgan fingerprint density at radius 1 is 0.846 bits per heavy atom. The van der Waals surface area contributed by atoms with Crippen LogP contribution in [0.25, 0.3) is 0 Å². The van der Waals surface area contributed by atoms with Gasteiger partial charge >= 0.3 is 0 Å². The molecule has 2 atom stereocenters. The van der Waals surface area contributed by atoms with Crippen LogP contribution in [0.2, 0.25) is 0 Å². The lowest BCUT2D eigenvalue weighted by molar-refractivity contribution is 0.442. The Labute approximate surface area is 160 Å². The average molecular weight is 350 g/mol. The molecule has 0 aliphatic carbocycles. The van der Waals surface area contributed by atoms with Gasteiger partial charge in [-0.05, 0) is 29.9 Å². The summed E-state index contributed by atoms with van der Waals surface area (Å²) in [5.74, 6) is 0.469. The number of unbranched alkanes of at least 4 members (excludes halogenated alkanes) is 5. The molecule has 2 aromatic rings. The van der Waals surface area contributed by atoms with Crippen LogP contribution in [0.1, 0.15) is 69.5 Å². The van der Waals surface area contributed by atoms with Crippen molar-refractivity contribution in [2.75, 3.05) is 0 Å². The number of rotatable bonds is 12. The summed E-state index contributed by atoms with van der Waals surface area (Å²) in [5.41, 5.74) is 2.70. The second-order valence-corrected chi connectivity index (χ2v) is 7.25. The summed E-state index contributed by atoms with van der Waals surface area (Å²) in [7, 11) is 0. The van der Waals surface area contributed by atoms with Crippen LogP contribution in [0.4, 0.5) is 0 Å². The molecule has 0 heterocycles. The quantitative estimate of drug-likeness (QED) is 0.319. The third kappa shape index (κ3) is 7.58. The zero-order chi connectivity index (χ0) is 18.5. The molecule has 0 saturated carbocycles. The molecule has 0 unspecified atom stereocenters. The highest BCUT2D eigenvalue weighted by molar-refractivity contribution is 5.22. The minimum absolute atomic E-state index is 0.341. The van der Waals surface area contributed by atoms with E-state index < -0.39 is 0 Å². The fourth-order valence-electron chi connectivity index (χ4n) is 3.38. The van der Waals surface area contributed by atoms with Gasteiger partial charge in [0.15, 0.2) is 0 Å². The van der Waals surface area contributed by atoms with Crippen molar-refractivity contribution in [3.8, 4) is 0 Å². The Balaban J connectivity index is 1.90. The molecule has 0 spiro atoms. The molecule has 1 nitrogen and oxygen atoms in total. The molecule has 0 aliphatic rings. The van der Waals surface area contributed by atoms with Crippen LogP contribution in [0.5, 0.6) is 0 Å². The largest absolute Gasteiger partial charge is 0.305 e. The number of hydrogen-bond donors (Lipinski definition) is 1. The summed E-state index contributed by atoms with van der Waals surface area (Å²) in [6.07, 6.45) is 12.7. The highest BCUT2D eigenvalue weighted by atomic mass is 14.9. The second kappa shape index (κ2) is 12.5. The maximum Gasteiger partial charge on any atom is 0.0383 e. The summed E-state index contributed by atoms with van der Waals surface area (Å²) in [4.78, 5) is 0. The van der Waals surface area contributed by atoms with E-state index in [9.17, 15) is 0 Å². The van der Waals surface area contributed by atoms with Crippen LogP contribution in [-0.2, 0) is 6.54 Å². The van der Waals surface area contributed by atoms with Crippen LogP contribution < -0.4 is 5.32 Å². The first-order valence-electron chi connectivity index (χ1n) is 10.3. The van der Waals surface area contributed by atoms with Crippen LogP contribution in [0.3, 0.4) is 0 Å². The molecule has 1 heteroatoms. The summed E-state index contributed by atoms with van der Waals surface area (Å²) in [6.45, 7) is 5.49. The molecule has 0 aromatic heterocycles. The Morgan fingerprint density at radius 3 is 2.19 bits per heavy atom. The van der Waals surface area contributed by atoms with Crippen molar-refractivity contribution in [1.82, 2.24) is 5.32 Å². The number of benzene rings is 2. The molecule has 0 aliphatic heterocycles. The van der Waals surface area contributed by atoms with Crippen LogP contribution >= 0.6 is 0 Å². The van der Waals surface area contributed by atoms with Gasteiger partial charge in [0.1, 0.15) is 0 Å². The molecule has 140 valence electrons. The lowest BCUT2D eigenvalue weighted by atomic mass is 9.93. The van der Waals surface area contributed by atoms with E-state index in [1.54, 1.807) is 0 Å². The Morgan fingerprint density at radius 2 is 1.50 bits per heavy atom. The van der Waals surface area contributed by atoms with E-state index in [1.165, 1.54) is 49.7 Å². The van der Waals surface area contributed by atoms with Crippen molar-refractivity contribution >= 4 is 0 Å². The van der Waals surface area contributed by atoms with Crippen LogP contribution in [0, 0.1) is 5.92 Å². The predicted octanol–water partition coefficient (Wildman–Crippen LogP) is 7.07. The zero-order valence-electron chi connectivity index (χ0n) is 16.5. The highest BCUT2D eigenvalue weighted by Gasteiger charge is 2.16.